The molecule has 1 aliphatic heterocycles. The van der Waals surface area contributed by atoms with Crippen molar-refractivity contribution in [2.24, 2.45) is 4.99 Å². The number of esters is 1. The van der Waals surface area contributed by atoms with Gasteiger partial charge in [-0.1, -0.05) is 62.8 Å². The molecular weight excluding hydrogens is 556 g/mol. The van der Waals surface area contributed by atoms with Crippen LogP contribution in [0, 0.1) is 6.92 Å². The van der Waals surface area contributed by atoms with Crippen LogP contribution in [-0.2, 0) is 9.53 Å². The standard InChI is InChI=1S/C31H32N4O4S2/c1-6-8-23-26(29(37)38-7-2)27(21-11-9-20(10-12-21)18(3)4)35-28(36)24(40-31(35)34-23)17-22-13-14-25(39-22)41-30-32-16-15-19(5)33-30/h9-18,27H,6-8H2,1-5H3/b24-17+/t27-/m1/s1. The van der Waals surface area contributed by atoms with Crippen LogP contribution < -0.4 is 14.9 Å². The molecule has 0 amide bonds. The van der Waals surface area contributed by atoms with Crippen molar-refractivity contribution in [2.45, 2.75) is 69.7 Å². The summed E-state index contributed by atoms with van der Waals surface area (Å²) in [6.45, 7) is 10.2. The zero-order valence-electron chi connectivity index (χ0n) is 23.7. The van der Waals surface area contributed by atoms with Gasteiger partial charge in [-0.15, -0.1) is 0 Å². The highest BCUT2D eigenvalue weighted by Gasteiger charge is 2.34. The summed E-state index contributed by atoms with van der Waals surface area (Å²) in [6.07, 6.45) is 4.82. The highest BCUT2D eigenvalue weighted by atomic mass is 32.2. The van der Waals surface area contributed by atoms with Crippen LogP contribution in [0.25, 0.3) is 6.08 Å². The number of ether oxygens (including phenoxy) is 1. The van der Waals surface area contributed by atoms with Gasteiger partial charge in [0.25, 0.3) is 5.56 Å². The summed E-state index contributed by atoms with van der Waals surface area (Å²) in [5.41, 5.74) is 3.72. The number of fused-ring (bicyclic) bond motifs is 1. The lowest BCUT2D eigenvalue weighted by Gasteiger charge is -2.26. The summed E-state index contributed by atoms with van der Waals surface area (Å²) in [5.74, 6) is 0.440. The number of carbonyl (C=O) groups excluding carboxylic acids is 1. The topological polar surface area (TPSA) is 99.6 Å². The average molecular weight is 589 g/mol. The third-order valence-electron chi connectivity index (χ3n) is 6.65. The van der Waals surface area contributed by atoms with Gasteiger partial charge in [0.2, 0.25) is 0 Å². The van der Waals surface area contributed by atoms with Gasteiger partial charge in [-0.25, -0.2) is 19.8 Å². The van der Waals surface area contributed by atoms with Gasteiger partial charge in [-0.3, -0.25) is 9.36 Å². The van der Waals surface area contributed by atoms with Crippen LogP contribution >= 0.6 is 23.1 Å². The van der Waals surface area contributed by atoms with Gasteiger partial charge in [0.15, 0.2) is 15.1 Å². The van der Waals surface area contributed by atoms with Gasteiger partial charge in [0, 0.05) is 18.0 Å². The molecule has 0 bridgehead atoms. The lowest BCUT2D eigenvalue weighted by Crippen LogP contribution is -2.40. The maximum Gasteiger partial charge on any atom is 0.338 e. The molecule has 0 N–H and O–H groups in total. The van der Waals surface area contributed by atoms with Crippen molar-refractivity contribution in [1.29, 1.82) is 0 Å². The van der Waals surface area contributed by atoms with Crippen molar-refractivity contribution in [3.05, 3.63) is 102 Å². The number of nitrogens with zero attached hydrogens (tertiary/aromatic N) is 4. The zero-order valence-corrected chi connectivity index (χ0v) is 25.3. The van der Waals surface area contributed by atoms with Crippen molar-refractivity contribution in [1.82, 2.24) is 14.5 Å². The van der Waals surface area contributed by atoms with Crippen LogP contribution in [0.3, 0.4) is 0 Å². The summed E-state index contributed by atoms with van der Waals surface area (Å²) in [4.78, 5) is 41.3. The quantitative estimate of drug-likeness (QED) is 0.187. The molecule has 0 radical (unpaired) electrons. The first-order valence-electron chi connectivity index (χ1n) is 13.7. The van der Waals surface area contributed by atoms with E-state index in [-0.39, 0.29) is 12.2 Å². The molecule has 0 saturated carbocycles. The van der Waals surface area contributed by atoms with E-state index in [1.165, 1.54) is 28.7 Å². The number of benzene rings is 1. The largest absolute Gasteiger partial charge is 0.463 e. The first-order valence-corrected chi connectivity index (χ1v) is 15.3. The fourth-order valence-electron chi connectivity index (χ4n) is 4.66. The van der Waals surface area contributed by atoms with E-state index in [0.29, 0.717) is 49.0 Å². The molecule has 10 heteroatoms. The van der Waals surface area contributed by atoms with Gasteiger partial charge < -0.3 is 9.15 Å². The SMILES string of the molecule is CCCC1=C(C(=O)OCC)[C@@H](c2ccc(C(C)C)cc2)n2c(s/c(=C/c3ccc(Sc4nccc(C)n4)o3)c2=O)=N1. The molecule has 0 spiro atoms. The molecule has 0 unspecified atom stereocenters. The van der Waals surface area contributed by atoms with Crippen LogP contribution in [0.15, 0.2) is 84.4 Å². The molecular formula is C31H32N4O4S2. The van der Waals surface area contributed by atoms with Gasteiger partial charge in [0.05, 0.1) is 28.5 Å². The lowest BCUT2D eigenvalue weighted by atomic mass is 9.92. The third kappa shape index (κ3) is 6.13. The zero-order chi connectivity index (χ0) is 29.1. The van der Waals surface area contributed by atoms with Crippen molar-refractivity contribution in [3.63, 3.8) is 0 Å². The minimum atomic E-state index is -0.642. The summed E-state index contributed by atoms with van der Waals surface area (Å²) >= 11 is 2.60. The Balaban J connectivity index is 1.61. The van der Waals surface area contributed by atoms with Crippen LogP contribution in [0.4, 0.5) is 0 Å². The predicted octanol–water partition coefficient (Wildman–Crippen LogP) is 5.54. The second-order valence-corrected chi connectivity index (χ2v) is 12.0. The van der Waals surface area contributed by atoms with E-state index in [1.807, 2.05) is 44.2 Å². The predicted molar refractivity (Wildman–Crippen MR) is 160 cm³/mol. The monoisotopic (exact) mass is 588 g/mol. The molecule has 4 aromatic rings. The van der Waals surface area contributed by atoms with Crippen LogP contribution in [0.5, 0.6) is 0 Å². The molecule has 41 heavy (non-hydrogen) atoms. The summed E-state index contributed by atoms with van der Waals surface area (Å²) in [7, 11) is 0. The molecule has 0 fully saturated rings. The Morgan fingerprint density at radius 3 is 2.63 bits per heavy atom. The third-order valence-corrected chi connectivity index (χ3v) is 8.43. The van der Waals surface area contributed by atoms with Crippen molar-refractivity contribution in [2.75, 3.05) is 6.61 Å². The molecule has 1 atom stereocenters. The molecule has 3 aromatic heterocycles. The minimum Gasteiger partial charge on any atom is -0.463 e. The van der Waals surface area contributed by atoms with Gasteiger partial charge in [-0.05, 0) is 67.3 Å². The number of aryl methyl sites for hydroxylation is 1. The molecule has 1 aliphatic rings. The fourth-order valence-corrected chi connectivity index (χ4v) is 6.42. The number of aromatic nitrogens is 3. The Morgan fingerprint density at radius 1 is 1.17 bits per heavy atom. The van der Waals surface area contributed by atoms with E-state index in [4.69, 9.17) is 14.1 Å². The first kappa shape index (κ1) is 28.8. The smallest absolute Gasteiger partial charge is 0.338 e. The maximum atomic E-state index is 13.9. The van der Waals surface area contributed by atoms with E-state index >= 15 is 0 Å². The minimum absolute atomic E-state index is 0.234. The normalized spacial score (nSPS) is 15.3. The number of allylic oxidation sites excluding steroid dienone is 1. The Labute approximate surface area is 246 Å². The molecule has 5 rings (SSSR count). The lowest BCUT2D eigenvalue weighted by molar-refractivity contribution is -0.139. The number of hydrogen-bond acceptors (Lipinski definition) is 9. The first-order chi connectivity index (χ1) is 19.8. The molecule has 8 nitrogen and oxygen atoms in total. The maximum absolute atomic E-state index is 13.9. The molecule has 0 aliphatic carbocycles. The molecule has 1 aromatic carbocycles. The van der Waals surface area contributed by atoms with Crippen molar-refractivity contribution < 1.29 is 13.9 Å². The number of hydrogen-bond donors (Lipinski definition) is 0. The second kappa shape index (κ2) is 12.4. The Morgan fingerprint density at radius 2 is 1.95 bits per heavy atom. The van der Waals surface area contributed by atoms with Gasteiger partial charge in [0.1, 0.15) is 5.76 Å². The van der Waals surface area contributed by atoms with E-state index in [1.54, 1.807) is 23.8 Å². The summed E-state index contributed by atoms with van der Waals surface area (Å²) < 4.78 is 13.6. The van der Waals surface area contributed by atoms with E-state index < -0.39 is 12.0 Å². The average Bonchev–Trinajstić information content (AvgIpc) is 3.51. The van der Waals surface area contributed by atoms with Crippen molar-refractivity contribution >= 4 is 35.1 Å². The summed E-state index contributed by atoms with van der Waals surface area (Å²) in [6, 6.07) is 12.9. The van der Waals surface area contributed by atoms with Crippen LogP contribution in [0.1, 0.15) is 75.1 Å². The van der Waals surface area contributed by atoms with Crippen molar-refractivity contribution in [3.8, 4) is 0 Å². The fraction of sp³-hybridized carbons (Fsp3) is 0.323. The summed E-state index contributed by atoms with van der Waals surface area (Å²) in [5, 5.41) is 1.20. The van der Waals surface area contributed by atoms with Crippen LogP contribution in [0.2, 0.25) is 0 Å². The van der Waals surface area contributed by atoms with Gasteiger partial charge in [-0.2, -0.15) is 0 Å². The second-order valence-electron chi connectivity index (χ2n) is 9.97. The Hall–Kier alpha value is -3.76. The van der Waals surface area contributed by atoms with Gasteiger partial charge >= 0.3 is 5.97 Å². The number of carbonyl (C=O) groups is 1. The Kier molecular flexibility index (Phi) is 8.70. The molecule has 212 valence electrons. The number of rotatable bonds is 9. The number of furan rings is 1. The van der Waals surface area contributed by atoms with E-state index in [2.05, 4.69) is 35.9 Å². The highest BCUT2D eigenvalue weighted by molar-refractivity contribution is 7.99. The molecule has 0 saturated heterocycles. The number of thiazole rings is 1. The van der Waals surface area contributed by atoms with E-state index in [0.717, 1.165) is 17.7 Å². The van der Waals surface area contributed by atoms with Crippen LogP contribution in [-0.4, -0.2) is 27.1 Å². The van der Waals surface area contributed by atoms with E-state index in [9.17, 15) is 9.59 Å². The highest BCUT2D eigenvalue weighted by Crippen LogP contribution is 2.33. The molecule has 4 heterocycles. The Bertz CT molecular complexity index is 1780.